The van der Waals surface area contributed by atoms with E-state index in [0.717, 1.165) is 9.44 Å². The molecule has 0 aliphatic heterocycles. The molecule has 4 rings (SSSR count). The Kier molecular flexibility index (Phi) is 5.97. The summed E-state index contributed by atoms with van der Waals surface area (Å²) in [6.45, 7) is 0. The maximum Gasteiger partial charge on any atom is 0.332 e. The topological polar surface area (TPSA) is 128 Å². The number of anilines is 2. The van der Waals surface area contributed by atoms with Crippen molar-refractivity contribution in [3.63, 3.8) is 0 Å². The van der Waals surface area contributed by atoms with Gasteiger partial charge in [-0.3, -0.25) is 23.5 Å². The second-order valence-corrected chi connectivity index (χ2v) is 8.86. The van der Waals surface area contributed by atoms with Crippen molar-refractivity contribution in [1.29, 1.82) is 0 Å². The molecule has 0 spiro atoms. The van der Waals surface area contributed by atoms with E-state index in [4.69, 9.17) is 0 Å². The molecule has 32 heavy (non-hydrogen) atoms. The standard InChI is InChI=1S/C20H18N6O4S2/c1-25-17-14(18(29)26(2)20(25)30)6-11(9-21-17)22-15(27)7-12-10-32-19(23-12)24-16(28)8-13-4-3-5-31-13/h3-6,9-10H,7-8H2,1-2H3,(H,22,27)(H,23,24,28). The first-order valence-corrected chi connectivity index (χ1v) is 11.2. The maximum absolute atomic E-state index is 12.4. The highest BCUT2D eigenvalue weighted by Gasteiger charge is 2.14. The van der Waals surface area contributed by atoms with Crippen molar-refractivity contribution in [1.82, 2.24) is 19.1 Å². The van der Waals surface area contributed by atoms with Crippen molar-refractivity contribution in [3.05, 3.63) is 66.6 Å². The predicted octanol–water partition coefficient (Wildman–Crippen LogP) is 1.51. The van der Waals surface area contributed by atoms with Crippen LogP contribution in [-0.4, -0.2) is 30.9 Å². The SMILES string of the molecule is Cn1c(=O)c2cc(NC(=O)Cc3csc(NC(=O)Cc4cccs4)n3)cnc2n(C)c1=O. The van der Waals surface area contributed by atoms with Gasteiger partial charge in [-0.25, -0.2) is 14.8 Å². The largest absolute Gasteiger partial charge is 0.332 e. The van der Waals surface area contributed by atoms with E-state index in [2.05, 4.69) is 20.6 Å². The Morgan fingerprint density at radius 2 is 1.84 bits per heavy atom. The van der Waals surface area contributed by atoms with Gasteiger partial charge in [0, 0.05) is 24.4 Å². The van der Waals surface area contributed by atoms with E-state index in [0.29, 0.717) is 16.5 Å². The number of thiazole rings is 1. The molecule has 0 aliphatic carbocycles. The Morgan fingerprint density at radius 3 is 2.59 bits per heavy atom. The zero-order valence-corrected chi connectivity index (χ0v) is 18.7. The summed E-state index contributed by atoms with van der Waals surface area (Å²) in [7, 11) is 2.91. The van der Waals surface area contributed by atoms with Gasteiger partial charge < -0.3 is 10.6 Å². The molecule has 0 aromatic carbocycles. The summed E-state index contributed by atoms with van der Waals surface area (Å²) < 4.78 is 2.26. The van der Waals surface area contributed by atoms with Gasteiger partial charge in [0.2, 0.25) is 11.8 Å². The van der Waals surface area contributed by atoms with Crippen molar-refractivity contribution in [2.75, 3.05) is 10.6 Å². The van der Waals surface area contributed by atoms with E-state index >= 15 is 0 Å². The molecule has 4 aromatic rings. The van der Waals surface area contributed by atoms with E-state index in [1.54, 1.807) is 5.38 Å². The fourth-order valence-corrected chi connectivity index (χ4v) is 4.51. The van der Waals surface area contributed by atoms with Crippen LogP contribution in [0.4, 0.5) is 10.8 Å². The number of nitrogens with one attached hydrogen (secondary N) is 2. The number of carbonyl (C=O) groups excluding carboxylic acids is 2. The highest BCUT2D eigenvalue weighted by atomic mass is 32.1. The maximum atomic E-state index is 12.4. The van der Waals surface area contributed by atoms with E-state index in [-0.39, 0.29) is 35.7 Å². The van der Waals surface area contributed by atoms with Gasteiger partial charge >= 0.3 is 5.69 Å². The second kappa shape index (κ2) is 8.85. The molecule has 0 aliphatic rings. The van der Waals surface area contributed by atoms with Crippen LogP contribution in [0.25, 0.3) is 11.0 Å². The van der Waals surface area contributed by atoms with Crippen LogP contribution in [0.5, 0.6) is 0 Å². The predicted molar refractivity (Wildman–Crippen MR) is 123 cm³/mol. The van der Waals surface area contributed by atoms with Crippen LogP contribution >= 0.6 is 22.7 Å². The number of fused-ring (bicyclic) bond motifs is 1. The Morgan fingerprint density at radius 1 is 1.06 bits per heavy atom. The summed E-state index contributed by atoms with van der Waals surface area (Å²) in [6.07, 6.45) is 1.64. The smallest absolute Gasteiger partial charge is 0.324 e. The number of aryl methyl sites for hydroxylation is 1. The summed E-state index contributed by atoms with van der Waals surface area (Å²) >= 11 is 2.75. The number of rotatable bonds is 6. The van der Waals surface area contributed by atoms with Crippen LogP contribution in [0.3, 0.4) is 0 Å². The highest BCUT2D eigenvalue weighted by molar-refractivity contribution is 7.14. The molecule has 4 heterocycles. The first-order valence-electron chi connectivity index (χ1n) is 9.44. The van der Waals surface area contributed by atoms with Crippen LogP contribution in [-0.2, 0) is 36.5 Å². The van der Waals surface area contributed by atoms with Crippen LogP contribution in [0.2, 0.25) is 0 Å². The minimum Gasteiger partial charge on any atom is -0.324 e. The Balaban J connectivity index is 1.42. The van der Waals surface area contributed by atoms with Gasteiger partial charge in [0.05, 0.1) is 35.8 Å². The average molecular weight is 471 g/mol. The monoisotopic (exact) mass is 470 g/mol. The minimum absolute atomic E-state index is 0.0133. The Labute approximate surface area is 189 Å². The molecular formula is C20H18N6O4S2. The summed E-state index contributed by atoms with van der Waals surface area (Å²) in [5.74, 6) is -0.523. The van der Waals surface area contributed by atoms with Crippen molar-refractivity contribution in [3.8, 4) is 0 Å². The zero-order valence-electron chi connectivity index (χ0n) is 17.1. The van der Waals surface area contributed by atoms with Gasteiger partial charge in [0.15, 0.2) is 5.13 Å². The second-order valence-electron chi connectivity index (χ2n) is 6.97. The number of amides is 2. The average Bonchev–Trinajstić information content (AvgIpc) is 3.42. The van der Waals surface area contributed by atoms with Crippen LogP contribution in [0, 0.1) is 0 Å². The molecule has 10 nitrogen and oxygen atoms in total. The summed E-state index contributed by atoms with van der Waals surface area (Å²) in [4.78, 5) is 58.3. The fraction of sp³-hybridized carbons (Fsp3) is 0.200. The summed E-state index contributed by atoms with van der Waals surface area (Å²) in [6, 6.07) is 5.26. The molecular weight excluding hydrogens is 452 g/mol. The van der Waals surface area contributed by atoms with Crippen LogP contribution in [0.1, 0.15) is 10.6 Å². The molecule has 0 bridgehead atoms. The molecule has 2 N–H and O–H groups in total. The number of carbonyl (C=O) groups is 2. The van der Waals surface area contributed by atoms with Gasteiger partial charge in [0.1, 0.15) is 5.65 Å². The quantitative estimate of drug-likeness (QED) is 0.440. The van der Waals surface area contributed by atoms with Crippen LogP contribution in [0.15, 0.2) is 44.7 Å². The lowest BCUT2D eigenvalue weighted by molar-refractivity contribution is -0.116. The Bertz CT molecular complexity index is 1430. The third kappa shape index (κ3) is 4.50. The molecule has 164 valence electrons. The molecule has 0 unspecified atom stereocenters. The van der Waals surface area contributed by atoms with E-state index in [1.807, 2.05) is 17.5 Å². The van der Waals surface area contributed by atoms with Crippen molar-refractivity contribution >= 4 is 56.3 Å². The van der Waals surface area contributed by atoms with Gasteiger partial charge in [-0.1, -0.05) is 6.07 Å². The van der Waals surface area contributed by atoms with Gasteiger partial charge in [-0.05, 0) is 17.5 Å². The minimum atomic E-state index is -0.492. The molecule has 0 saturated heterocycles. The number of hydrogen-bond donors (Lipinski definition) is 2. The fourth-order valence-electron chi connectivity index (χ4n) is 3.08. The van der Waals surface area contributed by atoms with Crippen molar-refractivity contribution in [2.24, 2.45) is 14.1 Å². The lowest BCUT2D eigenvalue weighted by Gasteiger charge is -2.09. The molecule has 2 amide bonds. The number of nitrogens with zero attached hydrogens (tertiary/aromatic N) is 4. The molecule has 0 radical (unpaired) electrons. The van der Waals surface area contributed by atoms with Gasteiger partial charge in [-0.2, -0.15) is 0 Å². The lowest BCUT2D eigenvalue weighted by atomic mass is 10.2. The molecule has 0 saturated carbocycles. The van der Waals surface area contributed by atoms with E-state index in [1.165, 1.54) is 53.6 Å². The number of thiophene rings is 1. The third-order valence-corrected chi connectivity index (χ3v) is 6.31. The molecule has 0 fully saturated rings. The highest BCUT2D eigenvalue weighted by Crippen LogP contribution is 2.18. The summed E-state index contributed by atoms with van der Waals surface area (Å²) in [5, 5.41) is 9.67. The first-order chi connectivity index (χ1) is 15.3. The van der Waals surface area contributed by atoms with Crippen molar-refractivity contribution < 1.29 is 9.59 Å². The number of aromatic nitrogens is 4. The number of pyridine rings is 1. The molecule has 4 aromatic heterocycles. The normalized spacial score (nSPS) is 10.9. The van der Waals surface area contributed by atoms with Crippen LogP contribution < -0.4 is 21.9 Å². The first kappa shape index (κ1) is 21.6. The number of hydrogen-bond acceptors (Lipinski definition) is 8. The molecule has 0 atom stereocenters. The van der Waals surface area contributed by atoms with E-state index < -0.39 is 11.2 Å². The zero-order chi connectivity index (χ0) is 22.8. The van der Waals surface area contributed by atoms with Gasteiger partial charge in [-0.15, -0.1) is 22.7 Å². The van der Waals surface area contributed by atoms with Gasteiger partial charge in [0.25, 0.3) is 5.56 Å². The molecule has 12 heteroatoms. The van der Waals surface area contributed by atoms with E-state index in [9.17, 15) is 19.2 Å². The van der Waals surface area contributed by atoms with Crippen molar-refractivity contribution in [2.45, 2.75) is 12.8 Å². The third-order valence-electron chi connectivity index (χ3n) is 4.63. The Hall–Kier alpha value is -3.64. The lowest BCUT2D eigenvalue weighted by Crippen LogP contribution is -2.37. The summed E-state index contributed by atoms with van der Waals surface area (Å²) in [5.41, 5.74) is 0.102.